The van der Waals surface area contributed by atoms with Gasteiger partial charge in [-0.05, 0) is 0 Å². The maximum absolute atomic E-state index is 3.40. The van der Waals surface area contributed by atoms with Crippen molar-refractivity contribution in [3.63, 3.8) is 0 Å². The summed E-state index contributed by atoms with van der Waals surface area (Å²) in [6.45, 7) is 0. The average Bonchev–Trinajstić information content (AvgIpc) is 0.918. The molecule has 0 saturated heterocycles. The van der Waals surface area contributed by atoms with E-state index in [9.17, 15) is 0 Å². The van der Waals surface area contributed by atoms with Crippen LogP contribution in [0.15, 0.2) is 0 Å². The molecule has 0 atom stereocenters. The van der Waals surface area contributed by atoms with Gasteiger partial charge in [-0.1, -0.05) is 25.6 Å². The maximum atomic E-state index is 3.40. The van der Waals surface area contributed by atoms with Crippen molar-refractivity contribution < 1.29 is 0 Å². The topological polar surface area (TPSA) is 12.0 Å². The zero-order valence-electron chi connectivity index (χ0n) is 2.39. The minimum Gasteiger partial charge on any atom is -0.213 e. The third-order valence-corrected chi connectivity index (χ3v) is 0. The third kappa shape index (κ3) is 10.5. The normalized spacial score (nSPS) is 4.50. The van der Waals surface area contributed by atoms with Gasteiger partial charge in [0.1, 0.15) is 0 Å². The summed E-state index contributed by atoms with van der Waals surface area (Å²) in [4.78, 5) is 0. The largest absolute Gasteiger partial charge is 0.213 e. The molecule has 0 fully saturated rings. The Bertz CT molecular complexity index is 6.00. The van der Waals surface area contributed by atoms with E-state index in [4.69, 9.17) is 0 Å². The van der Waals surface area contributed by atoms with Crippen LogP contribution >= 0.6 is 25.6 Å². The molecule has 0 saturated carbocycles. The van der Waals surface area contributed by atoms with Crippen molar-refractivity contribution in [2.24, 2.45) is 0 Å². The predicted molar refractivity (Wildman–Crippen MR) is 26.9 cm³/mol. The first-order valence-electron chi connectivity index (χ1n) is 0.447. The van der Waals surface area contributed by atoms with E-state index < -0.39 is 0 Å². The summed E-state index contributed by atoms with van der Waals surface area (Å²) < 4.78 is 2.14. The van der Waals surface area contributed by atoms with Gasteiger partial charge in [0.25, 0.3) is 0 Å². The summed E-state index contributed by atoms with van der Waals surface area (Å²) in [5.74, 6) is 0. The molecule has 0 aliphatic heterocycles. The molecule has 0 rings (SSSR count). The van der Waals surface area contributed by atoms with Crippen molar-refractivity contribution in [1.29, 1.82) is 0 Å². The van der Waals surface area contributed by atoms with E-state index in [1.54, 1.807) is 0 Å². The summed E-state index contributed by atoms with van der Waals surface area (Å²) in [5.41, 5.74) is 0. The van der Waals surface area contributed by atoms with Crippen LogP contribution in [0.2, 0.25) is 0 Å². The monoisotopic (exact) mass is 88.0 g/mol. The molecule has 0 amide bonds. The van der Waals surface area contributed by atoms with Gasteiger partial charge in [0.2, 0.25) is 0 Å². The first kappa shape index (κ1) is 8.98. The second-order valence-electron chi connectivity index (χ2n) is 0.100. The van der Waals surface area contributed by atoms with Crippen molar-refractivity contribution in [3.05, 3.63) is 0 Å². The van der Waals surface area contributed by atoms with E-state index in [2.05, 4.69) is 29.8 Å². The van der Waals surface area contributed by atoms with Gasteiger partial charge in [-0.3, -0.25) is 0 Å². The Morgan fingerprint density at radius 3 is 1.25 bits per heavy atom. The second-order valence-corrected chi connectivity index (χ2v) is 0.900. The van der Waals surface area contributed by atoms with Gasteiger partial charge in [-0.25, -0.2) is 4.13 Å². The molecular weight excluding hydrogens is 85.1 g/mol. The van der Waals surface area contributed by atoms with Crippen LogP contribution in [0, 0.1) is 0 Å². The molecule has 4 heavy (non-hydrogen) atoms. The fraction of sp³-hybridized carbons (Fsp3) is 0. The van der Waals surface area contributed by atoms with Gasteiger partial charge in [0.05, 0.1) is 0 Å². The Kier molecular flexibility index (Phi) is 19.9. The molecule has 0 aromatic heterocycles. The first-order chi connectivity index (χ1) is 1.41. The summed E-state index contributed by atoms with van der Waals surface area (Å²) >= 11 is 6.81. The molecule has 1 nitrogen and oxygen atoms in total. The number of rotatable bonds is 0. The van der Waals surface area contributed by atoms with Gasteiger partial charge < -0.3 is 0 Å². The van der Waals surface area contributed by atoms with Gasteiger partial charge in [-0.15, -0.1) is 0 Å². The molecule has 0 aliphatic rings. The smallest absolute Gasteiger partial charge is 0 e. The maximum Gasteiger partial charge on any atom is 0 e. The Hall–Kier alpha value is 1.26. The molecule has 21 valence electrons. The second kappa shape index (κ2) is 8.86. The molecule has 0 aromatic rings. The molecule has 0 bridgehead atoms. The number of hydrogen-bond acceptors (Lipinski definition) is 3. The third-order valence-electron chi connectivity index (χ3n) is 0. The Morgan fingerprint density at radius 1 is 1.25 bits per heavy atom. The van der Waals surface area contributed by atoms with Crippen LogP contribution in [-0.2, 0) is 0 Å². The van der Waals surface area contributed by atoms with Crippen LogP contribution in [0.25, 0.3) is 0 Å². The fourth-order valence-corrected chi connectivity index (χ4v) is 0. The van der Waals surface area contributed by atoms with Gasteiger partial charge in [-0.2, -0.15) is 0 Å². The van der Waals surface area contributed by atoms with E-state index >= 15 is 0 Å². The van der Waals surface area contributed by atoms with Crippen molar-refractivity contribution in [2.75, 3.05) is 0 Å². The molecule has 1 N–H and O–H groups in total. The molecule has 0 spiro atoms. The summed E-state index contributed by atoms with van der Waals surface area (Å²) in [5, 5.41) is 0. The molecule has 0 unspecified atom stereocenters. The van der Waals surface area contributed by atoms with Crippen LogP contribution < -0.4 is 4.13 Å². The standard InChI is InChI=1S/Li.H3NS2/c;2-1-3/h;1-3H. The van der Waals surface area contributed by atoms with Gasteiger partial charge in [0.15, 0.2) is 0 Å². The van der Waals surface area contributed by atoms with E-state index in [1.165, 1.54) is 0 Å². The SMILES string of the molecule is SNS.[Li]. The van der Waals surface area contributed by atoms with Crippen LogP contribution in [-0.4, -0.2) is 18.9 Å². The Labute approximate surface area is 48.8 Å². The van der Waals surface area contributed by atoms with Crippen LogP contribution in [0.5, 0.6) is 0 Å². The van der Waals surface area contributed by atoms with E-state index in [-0.39, 0.29) is 18.9 Å². The Morgan fingerprint density at radius 2 is 1.25 bits per heavy atom. The molecule has 1 radical (unpaired) electrons. The molecule has 0 aromatic carbocycles. The van der Waals surface area contributed by atoms with Gasteiger partial charge in [0, 0.05) is 18.9 Å². The minimum absolute atomic E-state index is 0. The zero-order valence-corrected chi connectivity index (χ0v) is 4.18. The van der Waals surface area contributed by atoms with Crippen molar-refractivity contribution >= 4 is 44.5 Å². The van der Waals surface area contributed by atoms with E-state index in [0.717, 1.165) is 0 Å². The average molecular weight is 88.1 g/mol. The zero-order chi connectivity index (χ0) is 2.71. The predicted octanol–water partition coefficient (Wildman–Crippen LogP) is -0.115. The molecule has 0 heterocycles. The molecule has 4 heteroatoms. The quantitative estimate of drug-likeness (QED) is 0.277. The number of nitrogens with one attached hydrogen (secondary N) is 1. The van der Waals surface area contributed by atoms with Crippen molar-refractivity contribution in [1.82, 2.24) is 4.13 Å². The van der Waals surface area contributed by atoms with Crippen LogP contribution in [0.1, 0.15) is 0 Å². The van der Waals surface area contributed by atoms with Crippen molar-refractivity contribution in [2.45, 2.75) is 0 Å². The van der Waals surface area contributed by atoms with Gasteiger partial charge >= 0.3 is 0 Å². The summed E-state index contributed by atoms with van der Waals surface area (Å²) in [7, 11) is 0. The fourth-order valence-electron chi connectivity index (χ4n) is 0. The van der Waals surface area contributed by atoms with Crippen LogP contribution in [0.3, 0.4) is 0 Å². The summed E-state index contributed by atoms with van der Waals surface area (Å²) in [6, 6.07) is 0. The molecule has 0 aliphatic carbocycles. The van der Waals surface area contributed by atoms with Crippen molar-refractivity contribution in [3.8, 4) is 0 Å². The number of hydrogen-bond donors (Lipinski definition) is 3. The first-order valence-corrected chi connectivity index (χ1v) is 1.34. The molecular formula is H3LiNS2. The minimum atomic E-state index is 0. The van der Waals surface area contributed by atoms with E-state index in [0.29, 0.717) is 0 Å². The Balaban J connectivity index is 0. The summed E-state index contributed by atoms with van der Waals surface area (Å²) in [6.07, 6.45) is 0. The van der Waals surface area contributed by atoms with Crippen LogP contribution in [0.4, 0.5) is 0 Å². The van der Waals surface area contributed by atoms with E-state index in [1.807, 2.05) is 0 Å². The number of thiol groups is 2.